The van der Waals surface area contributed by atoms with Gasteiger partial charge in [-0.3, -0.25) is 4.79 Å². The lowest BCUT2D eigenvalue weighted by Gasteiger charge is -2.16. The molecule has 5 heteroatoms. The molecule has 0 saturated heterocycles. The number of benzene rings is 3. The van der Waals surface area contributed by atoms with Gasteiger partial charge in [0, 0.05) is 5.69 Å². The summed E-state index contributed by atoms with van der Waals surface area (Å²) in [5.74, 6) is -0.0888. The van der Waals surface area contributed by atoms with Gasteiger partial charge >= 0.3 is 5.97 Å². The van der Waals surface area contributed by atoms with Gasteiger partial charge in [-0.1, -0.05) is 36.4 Å². The van der Waals surface area contributed by atoms with Crippen LogP contribution in [0.5, 0.6) is 5.75 Å². The molecule has 0 unspecified atom stereocenters. The van der Waals surface area contributed by atoms with Gasteiger partial charge in [0.15, 0.2) is 6.10 Å². The first-order chi connectivity index (χ1) is 13.5. The number of amides is 1. The average Bonchev–Trinajstić information content (AvgIpc) is 2.69. The van der Waals surface area contributed by atoms with E-state index in [-0.39, 0.29) is 5.91 Å². The van der Waals surface area contributed by atoms with E-state index in [1.807, 2.05) is 49.4 Å². The highest BCUT2D eigenvalue weighted by atomic mass is 16.5. The minimum absolute atomic E-state index is 0.294. The molecule has 0 saturated carbocycles. The molecule has 5 nitrogen and oxygen atoms in total. The second kappa shape index (κ2) is 8.57. The fourth-order valence-corrected chi connectivity index (χ4v) is 2.83. The highest BCUT2D eigenvalue weighted by Crippen LogP contribution is 2.22. The summed E-state index contributed by atoms with van der Waals surface area (Å²) in [4.78, 5) is 24.5. The van der Waals surface area contributed by atoms with E-state index in [9.17, 15) is 9.59 Å². The van der Waals surface area contributed by atoms with E-state index in [0.29, 0.717) is 23.6 Å². The van der Waals surface area contributed by atoms with Crippen molar-refractivity contribution < 1.29 is 19.1 Å². The van der Waals surface area contributed by atoms with Gasteiger partial charge in [-0.25, -0.2) is 4.79 Å². The van der Waals surface area contributed by atoms with Crippen molar-refractivity contribution in [3.8, 4) is 5.75 Å². The summed E-state index contributed by atoms with van der Waals surface area (Å²) in [6.45, 7) is 5.60. The van der Waals surface area contributed by atoms with Crippen molar-refractivity contribution in [1.82, 2.24) is 0 Å². The van der Waals surface area contributed by atoms with Crippen LogP contribution in [0.4, 0.5) is 5.69 Å². The Balaban J connectivity index is 1.71. The van der Waals surface area contributed by atoms with Crippen molar-refractivity contribution in [2.75, 3.05) is 11.9 Å². The quantitative estimate of drug-likeness (QED) is 0.631. The minimum Gasteiger partial charge on any atom is -0.481 e. The molecule has 3 rings (SSSR count). The molecule has 3 aromatic rings. The van der Waals surface area contributed by atoms with Crippen molar-refractivity contribution in [1.29, 1.82) is 0 Å². The first kappa shape index (κ1) is 19.4. The molecule has 0 aliphatic rings. The van der Waals surface area contributed by atoms with Gasteiger partial charge in [0.2, 0.25) is 0 Å². The number of carbonyl (C=O) groups excluding carboxylic acids is 2. The number of anilines is 1. The van der Waals surface area contributed by atoms with Gasteiger partial charge in [-0.05, 0) is 61.4 Å². The van der Waals surface area contributed by atoms with Crippen LogP contribution in [0, 0.1) is 6.92 Å². The van der Waals surface area contributed by atoms with E-state index in [1.165, 1.54) is 0 Å². The predicted octanol–water partition coefficient (Wildman–Crippen LogP) is 4.73. The molecule has 3 aromatic carbocycles. The van der Waals surface area contributed by atoms with E-state index in [4.69, 9.17) is 9.47 Å². The van der Waals surface area contributed by atoms with Gasteiger partial charge in [-0.2, -0.15) is 0 Å². The minimum atomic E-state index is -0.702. The maximum Gasteiger partial charge on any atom is 0.338 e. The molecular weight excluding hydrogens is 354 g/mol. The monoisotopic (exact) mass is 377 g/mol. The second-order valence-corrected chi connectivity index (χ2v) is 6.51. The molecule has 0 heterocycles. The molecule has 1 N–H and O–H groups in total. The van der Waals surface area contributed by atoms with Gasteiger partial charge in [0.1, 0.15) is 5.75 Å². The highest BCUT2D eigenvalue weighted by molar-refractivity contribution is 5.97. The first-order valence-corrected chi connectivity index (χ1v) is 9.22. The Morgan fingerprint density at radius 1 is 1.00 bits per heavy atom. The maximum absolute atomic E-state index is 12.6. The van der Waals surface area contributed by atoms with Crippen LogP contribution in [0.15, 0.2) is 60.7 Å². The van der Waals surface area contributed by atoms with E-state index < -0.39 is 12.1 Å². The predicted molar refractivity (Wildman–Crippen MR) is 110 cm³/mol. The Kier molecular flexibility index (Phi) is 5.94. The number of aryl methyl sites for hydroxylation is 1. The zero-order valence-corrected chi connectivity index (χ0v) is 16.2. The van der Waals surface area contributed by atoms with Gasteiger partial charge < -0.3 is 14.8 Å². The Morgan fingerprint density at radius 3 is 2.50 bits per heavy atom. The Hall–Kier alpha value is -3.34. The number of esters is 1. The summed E-state index contributed by atoms with van der Waals surface area (Å²) in [5, 5.41) is 4.99. The topological polar surface area (TPSA) is 64.6 Å². The van der Waals surface area contributed by atoms with Gasteiger partial charge in [0.25, 0.3) is 5.91 Å². The Labute approximate surface area is 164 Å². The zero-order chi connectivity index (χ0) is 20.1. The van der Waals surface area contributed by atoms with Crippen molar-refractivity contribution in [2.24, 2.45) is 0 Å². The zero-order valence-electron chi connectivity index (χ0n) is 16.2. The molecule has 0 radical (unpaired) electrons. The van der Waals surface area contributed by atoms with Crippen LogP contribution >= 0.6 is 0 Å². The molecule has 1 atom stereocenters. The van der Waals surface area contributed by atoms with Crippen LogP contribution in [-0.4, -0.2) is 24.6 Å². The standard InChI is InChI=1S/C23H23NO4/c1-4-27-23(26)19-10-9-15(2)21(14-19)24-22(25)16(3)28-20-12-11-17-7-5-6-8-18(17)13-20/h5-14,16H,4H2,1-3H3,(H,24,25)/t16-/m1/s1. The molecule has 28 heavy (non-hydrogen) atoms. The molecular formula is C23H23NO4. The molecule has 0 aromatic heterocycles. The van der Waals surface area contributed by atoms with Crippen LogP contribution in [0.25, 0.3) is 10.8 Å². The lowest BCUT2D eigenvalue weighted by atomic mass is 10.1. The van der Waals surface area contributed by atoms with Gasteiger partial charge in [0.05, 0.1) is 12.2 Å². The molecule has 0 aliphatic carbocycles. The lowest BCUT2D eigenvalue weighted by molar-refractivity contribution is -0.122. The van der Waals surface area contributed by atoms with E-state index in [2.05, 4.69) is 5.32 Å². The SMILES string of the molecule is CCOC(=O)c1ccc(C)c(NC(=O)[C@@H](C)Oc2ccc3ccccc3c2)c1. The fourth-order valence-electron chi connectivity index (χ4n) is 2.83. The normalized spacial score (nSPS) is 11.7. The number of fused-ring (bicyclic) bond motifs is 1. The third-order valence-corrected chi connectivity index (χ3v) is 4.41. The summed E-state index contributed by atoms with van der Waals surface area (Å²) >= 11 is 0. The van der Waals surface area contributed by atoms with Crippen LogP contribution in [-0.2, 0) is 9.53 Å². The molecule has 0 spiro atoms. The van der Waals surface area contributed by atoms with Crippen LogP contribution in [0.1, 0.15) is 29.8 Å². The number of nitrogens with one attached hydrogen (secondary N) is 1. The smallest absolute Gasteiger partial charge is 0.338 e. The molecule has 0 fully saturated rings. The number of hydrogen-bond donors (Lipinski definition) is 1. The second-order valence-electron chi connectivity index (χ2n) is 6.51. The largest absolute Gasteiger partial charge is 0.481 e. The molecule has 0 aliphatic heterocycles. The number of hydrogen-bond acceptors (Lipinski definition) is 4. The summed E-state index contributed by atoms with van der Waals surface area (Å²) in [6.07, 6.45) is -0.702. The summed E-state index contributed by atoms with van der Waals surface area (Å²) < 4.78 is 10.8. The lowest BCUT2D eigenvalue weighted by Crippen LogP contribution is -2.30. The highest BCUT2D eigenvalue weighted by Gasteiger charge is 2.17. The van der Waals surface area contributed by atoms with Crippen molar-refractivity contribution >= 4 is 28.3 Å². The van der Waals surface area contributed by atoms with E-state index in [1.54, 1.807) is 32.0 Å². The van der Waals surface area contributed by atoms with Crippen molar-refractivity contribution in [2.45, 2.75) is 26.9 Å². The van der Waals surface area contributed by atoms with Gasteiger partial charge in [-0.15, -0.1) is 0 Å². The van der Waals surface area contributed by atoms with Crippen LogP contribution < -0.4 is 10.1 Å². The third-order valence-electron chi connectivity index (χ3n) is 4.41. The number of rotatable bonds is 6. The van der Waals surface area contributed by atoms with Crippen LogP contribution in [0.2, 0.25) is 0 Å². The third kappa shape index (κ3) is 4.49. The summed E-state index contributed by atoms with van der Waals surface area (Å²) in [6, 6.07) is 18.7. The number of ether oxygens (including phenoxy) is 2. The Morgan fingerprint density at radius 2 is 1.75 bits per heavy atom. The van der Waals surface area contributed by atoms with Crippen molar-refractivity contribution in [3.63, 3.8) is 0 Å². The average molecular weight is 377 g/mol. The molecule has 0 bridgehead atoms. The van der Waals surface area contributed by atoms with Crippen LogP contribution in [0.3, 0.4) is 0 Å². The summed E-state index contributed by atoms with van der Waals surface area (Å²) in [5.41, 5.74) is 1.80. The number of carbonyl (C=O) groups is 2. The first-order valence-electron chi connectivity index (χ1n) is 9.22. The fraction of sp³-hybridized carbons (Fsp3) is 0.217. The Bertz CT molecular complexity index is 1010. The molecule has 144 valence electrons. The summed E-state index contributed by atoms with van der Waals surface area (Å²) in [7, 11) is 0. The van der Waals surface area contributed by atoms with E-state index >= 15 is 0 Å². The van der Waals surface area contributed by atoms with Crippen molar-refractivity contribution in [3.05, 3.63) is 71.8 Å². The molecule has 1 amide bonds. The van der Waals surface area contributed by atoms with E-state index in [0.717, 1.165) is 16.3 Å². The maximum atomic E-state index is 12.6.